The number of aliphatic hydroxyl groups excluding tert-OH is 1. The van der Waals surface area contributed by atoms with Crippen LogP contribution in [0.3, 0.4) is 0 Å². The molecule has 34 heavy (non-hydrogen) atoms. The van der Waals surface area contributed by atoms with E-state index in [1.807, 2.05) is 48.0 Å². The van der Waals surface area contributed by atoms with Gasteiger partial charge in [0.05, 0.1) is 11.4 Å². The number of hydrogen-bond acceptors (Lipinski definition) is 3. The number of aliphatic hydroxyl groups is 1. The molecular weight excluding hydrogens is 422 g/mol. The summed E-state index contributed by atoms with van der Waals surface area (Å²) >= 11 is 0. The largest absolute Gasteiger partial charge is 0.508 e. The monoisotopic (exact) mass is 459 g/mol. The van der Waals surface area contributed by atoms with Crippen molar-refractivity contribution in [3.63, 3.8) is 0 Å². The second kappa shape index (κ2) is 15.9. The van der Waals surface area contributed by atoms with Gasteiger partial charge in [0.2, 0.25) is 6.41 Å². The number of amides is 1. The van der Waals surface area contributed by atoms with Gasteiger partial charge in [-0.15, -0.1) is 6.58 Å². The average Bonchev–Trinajstić information content (AvgIpc) is 3.16. The molecule has 0 aliphatic heterocycles. The zero-order valence-electron chi connectivity index (χ0n) is 20.8. The Balaban J connectivity index is 0.000000365. The molecule has 1 heterocycles. The summed E-state index contributed by atoms with van der Waals surface area (Å²) in [5.74, 6) is 0.235. The maximum Gasteiger partial charge on any atom is 0.209 e. The third kappa shape index (κ3) is 9.33. The number of aromatic nitrogens is 2. The molecule has 180 valence electrons. The molecule has 0 radical (unpaired) electrons. The lowest BCUT2D eigenvalue weighted by Crippen LogP contribution is -2.16. The van der Waals surface area contributed by atoms with E-state index in [1.54, 1.807) is 36.3 Å². The Bertz CT molecular complexity index is 1040. The lowest BCUT2D eigenvalue weighted by Gasteiger charge is -2.06. The van der Waals surface area contributed by atoms with Crippen LogP contribution in [0.1, 0.15) is 36.7 Å². The van der Waals surface area contributed by atoms with Crippen molar-refractivity contribution in [1.82, 2.24) is 14.7 Å². The van der Waals surface area contributed by atoms with Crippen molar-refractivity contribution in [2.75, 3.05) is 13.6 Å². The van der Waals surface area contributed by atoms with Gasteiger partial charge in [0, 0.05) is 19.3 Å². The van der Waals surface area contributed by atoms with Gasteiger partial charge >= 0.3 is 0 Å². The minimum atomic E-state index is 0.235. The van der Waals surface area contributed by atoms with Gasteiger partial charge in [-0.05, 0) is 69.0 Å². The van der Waals surface area contributed by atoms with Crippen LogP contribution in [0.25, 0.3) is 11.3 Å². The topological polar surface area (TPSA) is 58.4 Å². The van der Waals surface area contributed by atoms with Crippen molar-refractivity contribution in [3.05, 3.63) is 115 Å². The van der Waals surface area contributed by atoms with Crippen molar-refractivity contribution in [2.24, 2.45) is 0 Å². The van der Waals surface area contributed by atoms with E-state index in [2.05, 4.69) is 45.2 Å². The Hall–Kier alpha value is -3.86. The normalized spacial score (nSPS) is 11.9. The molecule has 0 aliphatic carbocycles. The molecule has 0 unspecified atom stereocenters. The summed E-state index contributed by atoms with van der Waals surface area (Å²) in [6, 6.07) is 10.2. The van der Waals surface area contributed by atoms with Crippen molar-refractivity contribution in [3.8, 4) is 5.69 Å². The van der Waals surface area contributed by atoms with Crippen LogP contribution < -0.4 is 0 Å². The molecule has 1 aromatic carbocycles. The lowest BCUT2D eigenvalue weighted by molar-refractivity contribution is -0.116. The zero-order chi connectivity index (χ0) is 25.3. The second-order valence-corrected chi connectivity index (χ2v) is 7.58. The van der Waals surface area contributed by atoms with Gasteiger partial charge in [0.1, 0.15) is 5.76 Å². The van der Waals surface area contributed by atoms with Crippen molar-refractivity contribution < 1.29 is 9.90 Å². The summed E-state index contributed by atoms with van der Waals surface area (Å²) in [4.78, 5) is 11.8. The first kappa shape index (κ1) is 28.2. The van der Waals surface area contributed by atoms with E-state index in [4.69, 9.17) is 5.10 Å². The van der Waals surface area contributed by atoms with Crippen LogP contribution in [-0.4, -0.2) is 39.8 Å². The fourth-order valence-electron chi connectivity index (χ4n) is 2.97. The summed E-state index contributed by atoms with van der Waals surface area (Å²) in [5.41, 5.74) is 5.59. The standard InChI is InChI=1S/C18H20N2.C11H17NO2/c1-5-7-11-16(6-2)18-14(3)15(4)20(19-18)17-12-9-8-10-13-17;1-3-4-7-11(14)8-5-6-9-12(2)10-13/h5-13H,1H2,2-4H3;3,5,7-8,10,14H,1,4,6,9H2,2H3/b11-7-,16-6+;8-5-,11-7+. The number of rotatable bonds is 11. The van der Waals surface area contributed by atoms with E-state index in [9.17, 15) is 9.90 Å². The van der Waals surface area contributed by atoms with Crippen LogP contribution in [0.4, 0.5) is 0 Å². The molecule has 5 heteroatoms. The third-order valence-electron chi connectivity index (χ3n) is 5.02. The van der Waals surface area contributed by atoms with E-state index in [-0.39, 0.29) is 5.76 Å². The van der Waals surface area contributed by atoms with Crippen LogP contribution in [-0.2, 0) is 4.79 Å². The molecule has 2 aromatic rings. The van der Waals surface area contributed by atoms with Crippen LogP contribution in [0.2, 0.25) is 0 Å². The summed E-state index contributed by atoms with van der Waals surface area (Å²) in [6.07, 6.45) is 16.8. The molecule has 0 saturated carbocycles. The molecule has 1 aromatic heterocycles. The molecule has 0 saturated heterocycles. The molecule has 1 amide bonds. The molecule has 0 atom stereocenters. The zero-order valence-corrected chi connectivity index (χ0v) is 20.8. The van der Waals surface area contributed by atoms with Gasteiger partial charge < -0.3 is 10.0 Å². The molecule has 0 fully saturated rings. The Labute approximate surface area is 204 Å². The first-order valence-corrected chi connectivity index (χ1v) is 11.3. The van der Waals surface area contributed by atoms with E-state index in [0.717, 1.165) is 35.5 Å². The SMILES string of the molecule is C=C/C=C\C(=C/C)c1nn(-c2ccccc2)c(C)c1C.C=CC/C=C(O)\C=C/CCN(C)C=O. The molecular formula is C29H37N3O2. The highest BCUT2D eigenvalue weighted by molar-refractivity contribution is 5.74. The molecule has 0 spiro atoms. The second-order valence-electron chi connectivity index (χ2n) is 7.58. The van der Waals surface area contributed by atoms with Gasteiger partial charge in [0.25, 0.3) is 0 Å². The van der Waals surface area contributed by atoms with E-state index < -0.39 is 0 Å². The number of allylic oxidation sites excluding steroid dienone is 8. The van der Waals surface area contributed by atoms with Crippen LogP contribution in [0, 0.1) is 13.8 Å². The predicted molar refractivity (Wildman–Crippen MR) is 144 cm³/mol. The van der Waals surface area contributed by atoms with E-state index in [0.29, 0.717) is 13.0 Å². The highest BCUT2D eigenvalue weighted by Crippen LogP contribution is 2.24. The van der Waals surface area contributed by atoms with E-state index in [1.165, 1.54) is 5.56 Å². The summed E-state index contributed by atoms with van der Waals surface area (Å²) in [6.45, 7) is 14.2. The van der Waals surface area contributed by atoms with Crippen LogP contribution >= 0.6 is 0 Å². The molecule has 1 N–H and O–H groups in total. The van der Waals surface area contributed by atoms with Gasteiger partial charge in [-0.2, -0.15) is 5.10 Å². The minimum Gasteiger partial charge on any atom is -0.508 e. The lowest BCUT2D eigenvalue weighted by atomic mass is 10.1. The Kier molecular flexibility index (Phi) is 13.1. The van der Waals surface area contributed by atoms with Crippen molar-refractivity contribution in [2.45, 2.75) is 33.6 Å². The Morgan fingerprint density at radius 3 is 2.47 bits per heavy atom. The maximum absolute atomic E-state index is 10.2. The number of nitrogens with zero attached hydrogens (tertiary/aromatic N) is 3. The molecule has 5 nitrogen and oxygen atoms in total. The number of carbonyl (C=O) groups is 1. The van der Waals surface area contributed by atoms with Gasteiger partial charge in [-0.25, -0.2) is 4.68 Å². The summed E-state index contributed by atoms with van der Waals surface area (Å²) < 4.78 is 2.00. The average molecular weight is 460 g/mol. The highest BCUT2D eigenvalue weighted by atomic mass is 16.3. The predicted octanol–water partition coefficient (Wildman–Crippen LogP) is 6.67. The number of para-hydroxylation sites is 1. The van der Waals surface area contributed by atoms with Crippen molar-refractivity contribution in [1.29, 1.82) is 0 Å². The fourth-order valence-corrected chi connectivity index (χ4v) is 2.97. The third-order valence-corrected chi connectivity index (χ3v) is 5.02. The summed E-state index contributed by atoms with van der Waals surface area (Å²) in [7, 11) is 1.72. The first-order valence-electron chi connectivity index (χ1n) is 11.3. The number of carbonyl (C=O) groups excluding carboxylic acids is 1. The summed E-state index contributed by atoms with van der Waals surface area (Å²) in [5, 5.41) is 14.0. The molecule has 0 aliphatic rings. The Morgan fingerprint density at radius 2 is 1.88 bits per heavy atom. The minimum absolute atomic E-state index is 0.235. The van der Waals surface area contributed by atoms with Gasteiger partial charge in [-0.1, -0.05) is 61.2 Å². The van der Waals surface area contributed by atoms with Gasteiger partial charge in [-0.3, -0.25) is 4.79 Å². The smallest absolute Gasteiger partial charge is 0.209 e. The fraction of sp³-hybridized carbons (Fsp3) is 0.241. The quantitative estimate of drug-likeness (QED) is 0.177. The van der Waals surface area contributed by atoms with Crippen LogP contribution in [0.5, 0.6) is 0 Å². The van der Waals surface area contributed by atoms with Crippen molar-refractivity contribution >= 4 is 12.0 Å². The molecule has 0 bridgehead atoms. The number of benzene rings is 1. The first-order chi connectivity index (χ1) is 16.4. The maximum atomic E-state index is 10.2. The van der Waals surface area contributed by atoms with Gasteiger partial charge in [0.15, 0.2) is 0 Å². The molecule has 2 rings (SSSR count). The van der Waals surface area contributed by atoms with Crippen LogP contribution in [0.15, 0.2) is 97.9 Å². The highest BCUT2D eigenvalue weighted by Gasteiger charge is 2.13. The van der Waals surface area contributed by atoms with E-state index >= 15 is 0 Å². The Morgan fingerprint density at radius 1 is 1.18 bits per heavy atom. The number of hydrogen-bond donors (Lipinski definition) is 1.